The number of amides is 2. The molecule has 2 N–H and O–H groups in total. The fourth-order valence-electron chi connectivity index (χ4n) is 2.83. The summed E-state index contributed by atoms with van der Waals surface area (Å²) in [6.07, 6.45) is 0.853. The second-order valence-corrected chi connectivity index (χ2v) is 7.53. The first-order valence-corrected chi connectivity index (χ1v) is 10.0. The molecule has 1 fully saturated rings. The highest BCUT2D eigenvalue weighted by molar-refractivity contribution is 8.15. The van der Waals surface area contributed by atoms with Crippen LogP contribution in [0.3, 0.4) is 0 Å². The predicted octanol–water partition coefficient (Wildman–Crippen LogP) is 2.86. The van der Waals surface area contributed by atoms with E-state index in [0.29, 0.717) is 29.6 Å². The highest BCUT2D eigenvalue weighted by Gasteiger charge is 2.32. The second kappa shape index (κ2) is 9.97. The average Bonchev–Trinajstić information content (AvgIpc) is 3.05. The first-order valence-electron chi connectivity index (χ1n) is 9.17. The van der Waals surface area contributed by atoms with Crippen LogP contribution in [0, 0.1) is 0 Å². The van der Waals surface area contributed by atoms with Gasteiger partial charge in [0.15, 0.2) is 16.7 Å². The molecular weight excluding hydrogens is 390 g/mol. The molecule has 0 aliphatic carbocycles. The van der Waals surface area contributed by atoms with Gasteiger partial charge in [-0.3, -0.25) is 19.9 Å². The van der Waals surface area contributed by atoms with Crippen LogP contribution in [0.2, 0.25) is 0 Å². The molecule has 2 aromatic rings. The molecule has 0 radical (unpaired) electrons. The van der Waals surface area contributed by atoms with Crippen molar-refractivity contribution in [1.29, 1.82) is 0 Å². The number of rotatable bonds is 7. The van der Waals surface area contributed by atoms with E-state index in [-0.39, 0.29) is 18.2 Å². The van der Waals surface area contributed by atoms with Crippen molar-refractivity contribution >= 4 is 34.4 Å². The van der Waals surface area contributed by atoms with Gasteiger partial charge in [0, 0.05) is 18.7 Å². The summed E-state index contributed by atoms with van der Waals surface area (Å²) in [5.41, 5.74) is 1.93. The number of aliphatic imine (C=N–C) groups is 1. The van der Waals surface area contributed by atoms with Gasteiger partial charge in [-0.2, -0.15) is 0 Å². The van der Waals surface area contributed by atoms with E-state index in [9.17, 15) is 9.59 Å². The number of nitrogens with one attached hydrogen (secondary N) is 2. The summed E-state index contributed by atoms with van der Waals surface area (Å²) in [7, 11) is 3.21. The summed E-state index contributed by atoms with van der Waals surface area (Å²) in [6.45, 7) is 0.514. The third-order valence-electron chi connectivity index (χ3n) is 4.31. The number of methoxy groups -OCH3 is 2. The third-order valence-corrected chi connectivity index (χ3v) is 5.43. The van der Waals surface area contributed by atoms with Crippen LogP contribution in [0.25, 0.3) is 0 Å². The van der Waals surface area contributed by atoms with E-state index in [0.717, 1.165) is 11.3 Å². The number of hydrogen-bond donors (Lipinski definition) is 2. The number of amidine groups is 1. The normalized spacial score (nSPS) is 16.5. The zero-order valence-electron chi connectivity index (χ0n) is 16.3. The summed E-state index contributed by atoms with van der Waals surface area (Å²) in [5.74, 6) is 0.824. The van der Waals surface area contributed by atoms with E-state index in [4.69, 9.17) is 9.47 Å². The van der Waals surface area contributed by atoms with Crippen LogP contribution in [0.1, 0.15) is 12.0 Å². The zero-order chi connectivity index (χ0) is 20.6. The fourth-order valence-corrected chi connectivity index (χ4v) is 3.85. The van der Waals surface area contributed by atoms with Gasteiger partial charge >= 0.3 is 0 Å². The topological polar surface area (TPSA) is 89.0 Å². The molecule has 0 spiro atoms. The largest absolute Gasteiger partial charge is 0.493 e. The molecule has 152 valence electrons. The Morgan fingerprint density at radius 1 is 1.14 bits per heavy atom. The Labute approximate surface area is 173 Å². The van der Waals surface area contributed by atoms with Gasteiger partial charge in [0.25, 0.3) is 0 Å². The number of hydrogen-bond acceptors (Lipinski definition) is 6. The molecular formula is C21H23N3O4S. The van der Waals surface area contributed by atoms with Crippen molar-refractivity contribution in [3.63, 3.8) is 0 Å². The molecule has 0 unspecified atom stereocenters. The molecule has 1 aliphatic rings. The van der Waals surface area contributed by atoms with Crippen molar-refractivity contribution in [3.05, 3.63) is 54.1 Å². The van der Waals surface area contributed by atoms with Gasteiger partial charge in [0.1, 0.15) is 5.25 Å². The lowest BCUT2D eigenvalue weighted by atomic mass is 10.1. The van der Waals surface area contributed by atoms with Gasteiger partial charge in [0.2, 0.25) is 11.8 Å². The number of nitrogens with zero attached hydrogens (tertiary/aromatic N) is 1. The SMILES string of the molecule is COc1ccc(CCN=C(Nc2ccccc2)S[C@@H]2CC(=O)NC2=O)cc1OC. The number of ether oxygens (including phenoxy) is 2. The van der Waals surface area contributed by atoms with Crippen molar-refractivity contribution in [2.24, 2.45) is 4.99 Å². The van der Waals surface area contributed by atoms with Crippen LogP contribution in [0.15, 0.2) is 53.5 Å². The van der Waals surface area contributed by atoms with Gasteiger partial charge in [-0.25, -0.2) is 0 Å². The van der Waals surface area contributed by atoms with E-state index in [1.165, 1.54) is 11.8 Å². The Hall–Kier alpha value is -3.00. The highest BCUT2D eigenvalue weighted by Crippen LogP contribution is 2.28. The molecule has 1 heterocycles. The molecule has 0 bridgehead atoms. The molecule has 3 rings (SSSR count). The highest BCUT2D eigenvalue weighted by atomic mass is 32.2. The minimum absolute atomic E-state index is 0.161. The Bertz CT molecular complexity index is 902. The van der Waals surface area contributed by atoms with Gasteiger partial charge < -0.3 is 14.8 Å². The van der Waals surface area contributed by atoms with Crippen molar-refractivity contribution < 1.29 is 19.1 Å². The lowest BCUT2D eigenvalue weighted by Crippen LogP contribution is -2.25. The van der Waals surface area contributed by atoms with Crippen molar-refractivity contribution in [2.45, 2.75) is 18.1 Å². The maximum atomic E-state index is 11.9. The van der Waals surface area contributed by atoms with Crippen LogP contribution < -0.4 is 20.1 Å². The van der Waals surface area contributed by atoms with Gasteiger partial charge in [-0.1, -0.05) is 36.0 Å². The minimum atomic E-state index is -0.474. The first kappa shape index (κ1) is 20.7. The Morgan fingerprint density at radius 3 is 2.55 bits per heavy atom. The van der Waals surface area contributed by atoms with E-state index in [1.807, 2.05) is 48.5 Å². The van der Waals surface area contributed by atoms with E-state index in [1.54, 1.807) is 14.2 Å². The Kier molecular flexibility index (Phi) is 7.13. The quantitative estimate of drug-likeness (QED) is 0.412. The lowest BCUT2D eigenvalue weighted by molar-refractivity contribution is -0.124. The van der Waals surface area contributed by atoms with E-state index < -0.39 is 5.25 Å². The number of benzene rings is 2. The van der Waals surface area contributed by atoms with Crippen LogP contribution in [0.5, 0.6) is 11.5 Å². The molecule has 2 aromatic carbocycles. The van der Waals surface area contributed by atoms with E-state index >= 15 is 0 Å². The standard InChI is InChI=1S/C21H23N3O4S/c1-27-16-9-8-14(12-17(16)28-2)10-11-22-21(23-15-6-4-3-5-7-15)29-18-13-19(25)24-20(18)26/h3-9,12,18H,10-11,13H2,1-2H3,(H,22,23)(H,24,25,26)/t18-/m1/s1. The van der Waals surface area contributed by atoms with E-state index in [2.05, 4.69) is 15.6 Å². The molecule has 0 aromatic heterocycles. The average molecular weight is 413 g/mol. The molecule has 0 saturated carbocycles. The molecule has 1 aliphatic heterocycles. The van der Waals surface area contributed by atoms with Crippen LogP contribution in [-0.2, 0) is 16.0 Å². The summed E-state index contributed by atoms with van der Waals surface area (Å²) >= 11 is 1.27. The predicted molar refractivity (Wildman–Crippen MR) is 115 cm³/mol. The summed E-state index contributed by atoms with van der Waals surface area (Å²) < 4.78 is 10.6. The molecule has 7 nitrogen and oxygen atoms in total. The number of carbonyl (C=O) groups is 2. The van der Waals surface area contributed by atoms with Crippen molar-refractivity contribution in [2.75, 3.05) is 26.1 Å². The van der Waals surface area contributed by atoms with Gasteiger partial charge in [-0.15, -0.1) is 0 Å². The van der Waals surface area contributed by atoms with Crippen LogP contribution in [-0.4, -0.2) is 43.0 Å². The lowest BCUT2D eigenvalue weighted by Gasteiger charge is -2.12. The number of anilines is 1. The maximum absolute atomic E-state index is 11.9. The first-order chi connectivity index (χ1) is 14.1. The number of para-hydroxylation sites is 1. The van der Waals surface area contributed by atoms with Gasteiger partial charge in [0.05, 0.1) is 14.2 Å². The smallest absolute Gasteiger partial charge is 0.240 e. The number of imide groups is 1. The second-order valence-electron chi connectivity index (χ2n) is 6.34. The maximum Gasteiger partial charge on any atom is 0.240 e. The van der Waals surface area contributed by atoms with Crippen molar-refractivity contribution in [1.82, 2.24) is 5.32 Å². The van der Waals surface area contributed by atoms with Crippen LogP contribution in [0.4, 0.5) is 5.69 Å². The summed E-state index contributed by atoms with van der Waals surface area (Å²) in [4.78, 5) is 28.1. The molecule has 8 heteroatoms. The summed E-state index contributed by atoms with van der Waals surface area (Å²) in [5, 5.41) is 5.71. The Balaban J connectivity index is 1.70. The van der Waals surface area contributed by atoms with Gasteiger partial charge in [-0.05, 0) is 36.2 Å². The molecule has 1 saturated heterocycles. The third kappa shape index (κ3) is 5.74. The van der Waals surface area contributed by atoms with Crippen LogP contribution >= 0.6 is 11.8 Å². The molecule has 2 amide bonds. The minimum Gasteiger partial charge on any atom is -0.493 e. The number of thioether (sulfide) groups is 1. The monoisotopic (exact) mass is 413 g/mol. The van der Waals surface area contributed by atoms with Crippen molar-refractivity contribution in [3.8, 4) is 11.5 Å². The number of carbonyl (C=O) groups excluding carboxylic acids is 2. The molecule has 29 heavy (non-hydrogen) atoms. The molecule has 1 atom stereocenters. The zero-order valence-corrected chi connectivity index (χ0v) is 17.1. The summed E-state index contributed by atoms with van der Waals surface area (Å²) in [6, 6.07) is 15.4. The Morgan fingerprint density at radius 2 is 1.90 bits per heavy atom. The fraction of sp³-hybridized carbons (Fsp3) is 0.286.